The van der Waals surface area contributed by atoms with E-state index in [0.717, 1.165) is 18.9 Å². The molecule has 0 bridgehead atoms. The second-order valence-electron chi connectivity index (χ2n) is 4.99. The third-order valence-corrected chi connectivity index (χ3v) is 4.05. The predicted octanol–water partition coefficient (Wildman–Crippen LogP) is 2.35. The van der Waals surface area contributed by atoms with E-state index in [-0.39, 0.29) is 0 Å². The molecular formula is C14H19NO. The van der Waals surface area contributed by atoms with Crippen LogP contribution in [-0.2, 0) is 6.42 Å². The van der Waals surface area contributed by atoms with E-state index in [0.29, 0.717) is 12.6 Å². The zero-order chi connectivity index (χ0) is 11.0. The number of aliphatic hydroxyl groups is 1. The van der Waals surface area contributed by atoms with Gasteiger partial charge in [0.1, 0.15) is 0 Å². The van der Waals surface area contributed by atoms with Crippen LogP contribution in [0.15, 0.2) is 24.3 Å². The molecule has 86 valence electrons. The van der Waals surface area contributed by atoms with Crippen LogP contribution in [0.4, 0.5) is 5.69 Å². The Morgan fingerprint density at radius 1 is 1.25 bits per heavy atom. The van der Waals surface area contributed by atoms with Gasteiger partial charge >= 0.3 is 0 Å². The van der Waals surface area contributed by atoms with Gasteiger partial charge in [-0.15, -0.1) is 0 Å². The van der Waals surface area contributed by atoms with Gasteiger partial charge in [-0.05, 0) is 43.7 Å². The molecule has 1 fully saturated rings. The van der Waals surface area contributed by atoms with E-state index in [9.17, 15) is 0 Å². The minimum Gasteiger partial charge on any atom is -0.396 e. The summed E-state index contributed by atoms with van der Waals surface area (Å²) in [7, 11) is 0. The van der Waals surface area contributed by atoms with Crippen LogP contribution in [0.2, 0.25) is 0 Å². The topological polar surface area (TPSA) is 23.5 Å². The summed E-state index contributed by atoms with van der Waals surface area (Å²) in [6.07, 6.45) is 6.06. The van der Waals surface area contributed by atoms with Crippen molar-refractivity contribution in [3.8, 4) is 0 Å². The highest BCUT2D eigenvalue weighted by atomic mass is 16.3. The van der Waals surface area contributed by atoms with Gasteiger partial charge in [-0.1, -0.05) is 18.2 Å². The molecule has 0 saturated heterocycles. The van der Waals surface area contributed by atoms with E-state index < -0.39 is 0 Å². The van der Waals surface area contributed by atoms with Crippen LogP contribution in [0.3, 0.4) is 0 Å². The molecule has 1 N–H and O–H groups in total. The Hall–Kier alpha value is -1.02. The third-order valence-electron chi connectivity index (χ3n) is 4.05. The first kappa shape index (κ1) is 10.2. The van der Waals surface area contributed by atoms with Crippen molar-refractivity contribution in [2.45, 2.75) is 44.2 Å². The third kappa shape index (κ3) is 1.52. The average molecular weight is 217 g/mol. The molecule has 1 aromatic carbocycles. The minimum atomic E-state index is 0.307. The van der Waals surface area contributed by atoms with Crippen LogP contribution < -0.4 is 4.90 Å². The number of hydrogen-bond donors (Lipinski definition) is 1. The van der Waals surface area contributed by atoms with E-state index in [1.54, 1.807) is 0 Å². The number of rotatable bonds is 3. The van der Waals surface area contributed by atoms with E-state index in [1.807, 2.05) is 0 Å². The molecule has 1 aromatic rings. The zero-order valence-electron chi connectivity index (χ0n) is 9.60. The molecule has 16 heavy (non-hydrogen) atoms. The van der Waals surface area contributed by atoms with Crippen molar-refractivity contribution < 1.29 is 5.11 Å². The molecule has 0 amide bonds. The van der Waals surface area contributed by atoms with Gasteiger partial charge in [0.25, 0.3) is 0 Å². The van der Waals surface area contributed by atoms with Crippen molar-refractivity contribution in [2.75, 3.05) is 11.5 Å². The van der Waals surface area contributed by atoms with E-state index >= 15 is 0 Å². The lowest BCUT2D eigenvalue weighted by atomic mass is 9.90. The lowest BCUT2D eigenvalue weighted by molar-refractivity contribution is 0.263. The predicted molar refractivity (Wildman–Crippen MR) is 65.8 cm³/mol. The fourth-order valence-electron chi connectivity index (χ4n) is 3.03. The number of anilines is 1. The van der Waals surface area contributed by atoms with E-state index in [1.165, 1.54) is 30.5 Å². The van der Waals surface area contributed by atoms with Crippen LogP contribution in [0.1, 0.15) is 31.2 Å². The molecule has 2 heteroatoms. The van der Waals surface area contributed by atoms with Crippen LogP contribution in [0, 0.1) is 0 Å². The van der Waals surface area contributed by atoms with Crippen molar-refractivity contribution in [1.29, 1.82) is 0 Å². The minimum absolute atomic E-state index is 0.307. The Morgan fingerprint density at radius 3 is 2.75 bits per heavy atom. The van der Waals surface area contributed by atoms with Gasteiger partial charge in [0.2, 0.25) is 0 Å². The number of fused-ring (bicyclic) bond motifs is 1. The summed E-state index contributed by atoms with van der Waals surface area (Å²) in [5.41, 5.74) is 2.89. The first-order valence-electron chi connectivity index (χ1n) is 6.37. The lowest BCUT2D eigenvalue weighted by Crippen LogP contribution is -2.45. The largest absolute Gasteiger partial charge is 0.396 e. The highest BCUT2D eigenvalue weighted by Gasteiger charge is 2.35. The maximum Gasteiger partial charge on any atom is 0.0450 e. The molecular weight excluding hydrogens is 198 g/mol. The average Bonchev–Trinajstić information content (AvgIpc) is 2.56. The van der Waals surface area contributed by atoms with Gasteiger partial charge in [0.05, 0.1) is 0 Å². The number of aliphatic hydroxyl groups excluding tert-OH is 1. The second kappa shape index (κ2) is 4.10. The van der Waals surface area contributed by atoms with Crippen molar-refractivity contribution in [2.24, 2.45) is 0 Å². The molecule has 1 heterocycles. The van der Waals surface area contributed by atoms with E-state index in [2.05, 4.69) is 29.2 Å². The van der Waals surface area contributed by atoms with Gasteiger partial charge in [0, 0.05) is 24.4 Å². The summed E-state index contributed by atoms with van der Waals surface area (Å²) in [5.74, 6) is 0. The highest BCUT2D eigenvalue weighted by Crippen LogP contribution is 2.39. The van der Waals surface area contributed by atoms with Crippen molar-refractivity contribution in [3.05, 3.63) is 29.8 Å². The summed E-state index contributed by atoms with van der Waals surface area (Å²) >= 11 is 0. The maximum atomic E-state index is 9.17. The van der Waals surface area contributed by atoms with Gasteiger partial charge in [-0.3, -0.25) is 0 Å². The van der Waals surface area contributed by atoms with Gasteiger partial charge in [-0.25, -0.2) is 0 Å². The number of hydrogen-bond acceptors (Lipinski definition) is 2. The van der Waals surface area contributed by atoms with Crippen molar-refractivity contribution >= 4 is 5.69 Å². The summed E-state index contributed by atoms with van der Waals surface area (Å²) in [6.45, 7) is 0.307. The first-order chi connectivity index (χ1) is 7.90. The highest BCUT2D eigenvalue weighted by molar-refractivity contribution is 5.60. The fraction of sp³-hybridized carbons (Fsp3) is 0.571. The smallest absolute Gasteiger partial charge is 0.0450 e. The molecule has 2 aliphatic rings. The van der Waals surface area contributed by atoms with E-state index in [4.69, 9.17) is 5.11 Å². The molecule has 3 rings (SSSR count). The van der Waals surface area contributed by atoms with Gasteiger partial charge in [0.15, 0.2) is 0 Å². The molecule has 1 unspecified atom stereocenters. The van der Waals surface area contributed by atoms with Gasteiger partial charge in [-0.2, -0.15) is 0 Å². The summed E-state index contributed by atoms with van der Waals surface area (Å²) in [4.78, 5) is 2.58. The normalized spacial score (nSPS) is 24.3. The van der Waals surface area contributed by atoms with Crippen LogP contribution in [0.25, 0.3) is 0 Å². The Kier molecular flexibility index (Phi) is 2.60. The van der Waals surface area contributed by atoms with Crippen molar-refractivity contribution in [1.82, 2.24) is 0 Å². The summed E-state index contributed by atoms with van der Waals surface area (Å²) < 4.78 is 0. The van der Waals surface area contributed by atoms with Crippen LogP contribution >= 0.6 is 0 Å². The Bertz CT molecular complexity index is 373. The van der Waals surface area contributed by atoms with Crippen molar-refractivity contribution in [3.63, 3.8) is 0 Å². The molecule has 1 aliphatic heterocycles. The summed E-state index contributed by atoms with van der Waals surface area (Å²) in [6, 6.07) is 10.0. The number of nitrogens with zero attached hydrogens (tertiary/aromatic N) is 1. The fourth-order valence-corrected chi connectivity index (χ4v) is 3.03. The molecule has 0 spiro atoms. The van der Waals surface area contributed by atoms with Crippen LogP contribution in [-0.4, -0.2) is 23.8 Å². The molecule has 1 saturated carbocycles. The van der Waals surface area contributed by atoms with Gasteiger partial charge < -0.3 is 10.0 Å². The van der Waals surface area contributed by atoms with Crippen LogP contribution in [0.5, 0.6) is 0 Å². The second-order valence-corrected chi connectivity index (χ2v) is 4.99. The maximum absolute atomic E-state index is 9.17. The Morgan fingerprint density at radius 2 is 2.06 bits per heavy atom. The number of benzene rings is 1. The molecule has 0 aromatic heterocycles. The molecule has 2 nitrogen and oxygen atoms in total. The quantitative estimate of drug-likeness (QED) is 0.840. The lowest BCUT2D eigenvalue weighted by Gasteiger charge is -2.40. The zero-order valence-corrected chi connectivity index (χ0v) is 9.60. The molecule has 0 radical (unpaired) electrons. The molecule has 1 atom stereocenters. The molecule has 1 aliphatic carbocycles. The Balaban J connectivity index is 1.89. The standard InChI is InChI=1S/C14H19NO/c16-9-8-13-10-11-4-1-2-7-14(11)15(13)12-5-3-6-12/h1-2,4,7,12-13,16H,3,5-6,8-10H2. The monoisotopic (exact) mass is 217 g/mol. The first-order valence-corrected chi connectivity index (χ1v) is 6.37. The Labute approximate surface area is 96.9 Å². The summed E-state index contributed by atoms with van der Waals surface area (Å²) in [5, 5.41) is 9.17. The SMILES string of the molecule is OCCC1Cc2ccccc2N1C1CCC1. The number of para-hydroxylation sites is 1.